The van der Waals surface area contributed by atoms with Gasteiger partial charge in [0.2, 0.25) is 0 Å². The second-order valence-electron chi connectivity index (χ2n) is 6.90. The number of benzene rings is 2. The van der Waals surface area contributed by atoms with E-state index >= 15 is 0 Å². The van der Waals surface area contributed by atoms with Gasteiger partial charge in [0.25, 0.3) is 5.56 Å². The molecule has 0 unspecified atom stereocenters. The first-order valence-electron chi connectivity index (χ1n) is 9.57. The molecule has 150 valence electrons. The molecule has 1 aromatic heterocycles. The summed E-state index contributed by atoms with van der Waals surface area (Å²) in [5.74, 6) is 0.877. The van der Waals surface area contributed by atoms with Crippen molar-refractivity contribution in [1.82, 2.24) is 9.55 Å². The molecular weight excluding hydrogens is 388 g/mol. The van der Waals surface area contributed by atoms with Crippen molar-refractivity contribution in [2.75, 3.05) is 19.5 Å². The average Bonchev–Trinajstić information content (AvgIpc) is 3.27. The highest BCUT2D eigenvalue weighted by atomic mass is 32.2. The lowest BCUT2D eigenvalue weighted by atomic mass is 10.1. The summed E-state index contributed by atoms with van der Waals surface area (Å²) in [6, 6.07) is 14.3. The van der Waals surface area contributed by atoms with Crippen molar-refractivity contribution in [3.63, 3.8) is 0 Å². The van der Waals surface area contributed by atoms with Crippen molar-refractivity contribution < 1.29 is 14.3 Å². The lowest BCUT2D eigenvalue weighted by Crippen LogP contribution is -2.29. The summed E-state index contributed by atoms with van der Waals surface area (Å²) in [5.41, 5.74) is 1.15. The molecule has 1 atom stereocenters. The Balaban J connectivity index is 1.60. The van der Waals surface area contributed by atoms with Crippen LogP contribution in [0.4, 0.5) is 0 Å². The van der Waals surface area contributed by atoms with Gasteiger partial charge in [0.15, 0.2) is 10.9 Å². The number of rotatable bonds is 7. The van der Waals surface area contributed by atoms with E-state index in [9.17, 15) is 9.59 Å². The highest BCUT2D eigenvalue weighted by Gasteiger charge is 2.20. The Morgan fingerprint density at radius 3 is 2.76 bits per heavy atom. The van der Waals surface area contributed by atoms with E-state index in [0.717, 1.165) is 19.4 Å². The molecule has 4 rings (SSSR count). The molecule has 0 aliphatic carbocycles. The minimum Gasteiger partial charge on any atom is -0.497 e. The molecule has 7 heteroatoms. The van der Waals surface area contributed by atoms with E-state index in [0.29, 0.717) is 33.9 Å². The number of fused-ring (bicyclic) bond motifs is 1. The number of ketones is 1. The van der Waals surface area contributed by atoms with Gasteiger partial charge in [-0.25, -0.2) is 4.98 Å². The first-order chi connectivity index (χ1) is 14.2. The molecule has 2 heterocycles. The molecule has 0 spiro atoms. The molecule has 0 radical (unpaired) electrons. The molecule has 1 fully saturated rings. The van der Waals surface area contributed by atoms with E-state index in [1.54, 1.807) is 42.0 Å². The highest BCUT2D eigenvalue weighted by Crippen LogP contribution is 2.22. The topological polar surface area (TPSA) is 70.4 Å². The number of hydrogen-bond acceptors (Lipinski definition) is 6. The number of para-hydroxylation sites is 1. The zero-order valence-corrected chi connectivity index (χ0v) is 17.0. The standard InChI is InChI=1S/C22H22N2O4S/c1-27-16-10-8-15(9-11-16)20(25)14-29-22-23-19-7-3-2-6-18(19)21(26)24(22)13-17-5-4-12-28-17/h2-3,6-11,17H,4-5,12-14H2,1H3/t17-/m1/s1. The highest BCUT2D eigenvalue weighted by molar-refractivity contribution is 7.99. The number of carbonyl (C=O) groups is 1. The van der Waals surface area contributed by atoms with Crippen molar-refractivity contribution in [1.29, 1.82) is 0 Å². The third kappa shape index (κ3) is 4.36. The van der Waals surface area contributed by atoms with Gasteiger partial charge in [0.05, 0.1) is 36.4 Å². The summed E-state index contributed by atoms with van der Waals surface area (Å²) < 4.78 is 12.5. The first kappa shape index (κ1) is 19.7. The van der Waals surface area contributed by atoms with E-state index in [1.807, 2.05) is 18.2 Å². The number of nitrogens with zero attached hydrogens (tertiary/aromatic N) is 2. The Morgan fingerprint density at radius 1 is 1.24 bits per heavy atom. The molecule has 3 aromatic rings. The van der Waals surface area contributed by atoms with Crippen molar-refractivity contribution >= 4 is 28.4 Å². The fraction of sp³-hybridized carbons (Fsp3) is 0.318. The van der Waals surface area contributed by atoms with Crippen LogP contribution in [0.2, 0.25) is 0 Å². The van der Waals surface area contributed by atoms with Gasteiger partial charge in [0, 0.05) is 12.2 Å². The van der Waals surface area contributed by atoms with E-state index in [2.05, 4.69) is 4.98 Å². The summed E-state index contributed by atoms with van der Waals surface area (Å²) >= 11 is 1.29. The number of carbonyl (C=O) groups excluding carboxylic acids is 1. The number of ether oxygens (including phenoxy) is 2. The van der Waals surface area contributed by atoms with Crippen LogP contribution in [-0.2, 0) is 11.3 Å². The Kier molecular flexibility index (Phi) is 5.97. The van der Waals surface area contributed by atoms with Gasteiger partial charge in [-0.2, -0.15) is 0 Å². The largest absolute Gasteiger partial charge is 0.497 e. The van der Waals surface area contributed by atoms with E-state index in [1.165, 1.54) is 11.8 Å². The number of aromatic nitrogens is 2. The maximum absolute atomic E-state index is 13.1. The summed E-state index contributed by atoms with van der Waals surface area (Å²) in [6.45, 7) is 1.18. The van der Waals surface area contributed by atoms with Crippen LogP contribution in [0.25, 0.3) is 10.9 Å². The fourth-order valence-corrected chi connectivity index (χ4v) is 4.30. The van der Waals surface area contributed by atoms with E-state index in [4.69, 9.17) is 9.47 Å². The lowest BCUT2D eigenvalue weighted by molar-refractivity contribution is 0.0937. The average molecular weight is 410 g/mol. The van der Waals surface area contributed by atoms with Crippen LogP contribution >= 0.6 is 11.8 Å². The molecule has 0 amide bonds. The normalized spacial score (nSPS) is 16.2. The molecule has 0 bridgehead atoms. The van der Waals surface area contributed by atoms with Gasteiger partial charge >= 0.3 is 0 Å². The van der Waals surface area contributed by atoms with Crippen molar-refractivity contribution in [3.05, 3.63) is 64.4 Å². The summed E-state index contributed by atoms with van der Waals surface area (Å²) in [6.07, 6.45) is 1.93. The van der Waals surface area contributed by atoms with Crippen LogP contribution in [0.15, 0.2) is 58.5 Å². The van der Waals surface area contributed by atoms with Crippen molar-refractivity contribution in [2.24, 2.45) is 0 Å². The zero-order chi connectivity index (χ0) is 20.2. The van der Waals surface area contributed by atoms with Crippen LogP contribution in [0.3, 0.4) is 0 Å². The molecule has 1 aliphatic heterocycles. The predicted octanol–water partition coefficient (Wildman–Crippen LogP) is 3.56. The number of hydrogen-bond donors (Lipinski definition) is 0. The molecule has 2 aromatic carbocycles. The third-order valence-electron chi connectivity index (χ3n) is 4.98. The van der Waals surface area contributed by atoms with Gasteiger partial charge in [-0.15, -0.1) is 0 Å². The number of Topliss-reactive ketones (excluding diaryl/α,β-unsaturated/α-hetero) is 1. The first-order valence-corrected chi connectivity index (χ1v) is 10.6. The van der Waals surface area contributed by atoms with Gasteiger partial charge in [-0.3, -0.25) is 14.2 Å². The number of methoxy groups -OCH3 is 1. The minimum atomic E-state index is -0.0921. The molecular formula is C22H22N2O4S. The maximum Gasteiger partial charge on any atom is 0.262 e. The Labute approximate surface area is 172 Å². The Morgan fingerprint density at radius 2 is 2.03 bits per heavy atom. The van der Waals surface area contributed by atoms with Crippen LogP contribution in [0.5, 0.6) is 5.75 Å². The monoisotopic (exact) mass is 410 g/mol. The Bertz CT molecular complexity index is 1070. The predicted molar refractivity (Wildman–Crippen MR) is 113 cm³/mol. The summed E-state index contributed by atoms with van der Waals surface area (Å²) in [4.78, 5) is 30.4. The molecule has 29 heavy (non-hydrogen) atoms. The quantitative estimate of drug-likeness (QED) is 0.337. The smallest absolute Gasteiger partial charge is 0.262 e. The zero-order valence-electron chi connectivity index (χ0n) is 16.2. The SMILES string of the molecule is COc1ccc(C(=O)CSc2nc3ccccc3c(=O)n2C[C@H]2CCCO2)cc1. The van der Waals surface area contributed by atoms with Crippen LogP contribution < -0.4 is 10.3 Å². The second-order valence-corrected chi connectivity index (χ2v) is 7.85. The minimum absolute atomic E-state index is 0.00676. The number of thioether (sulfide) groups is 1. The molecule has 0 saturated carbocycles. The molecule has 1 saturated heterocycles. The van der Waals surface area contributed by atoms with E-state index < -0.39 is 0 Å². The van der Waals surface area contributed by atoms with Gasteiger partial charge in [0.1, 0.15) is 5.75 Å². The van der Waals surface area contributed by atoms with Crippen molar-refractivity contribution in [2.45, 2.75) is 30.6 Å². The summed E-state index contributed by atoms with van der Waals surface area (Å²) in [7, 11) is 1.59. The van der Waals surface area contributed by atoms with E-state index in [-0.39, 0.29) is 23.2 Å². The maximum atomic E-state index is 13.1. The molecule has 6 nitrogen and oxygen atoms in total. The van der Waals surface area contributed by atoms with Crippen LogP contribution in [-0.4, -0.2) is 40.9 Å². The Hall–Kier alpha value is -2.64. The van der Waals surface area contributed by atoms with Crippen LogP contribution in [0.1, 0.15) is 23.2 Å². The molecule has 0 N–H and O–H groups in total. The third-order valence-corrected chi connectivity index (χ3v) is 5.96. The molecule has 1 aliphatic rings. The van der Waals surface area contributed by atoms with Gasteiger partial charge < -0.3 is 9.47 Å². The van der Waals surface area contributed by atoms with Gasteiger partial charge in [-0.05, 0) is 49.2 Å². The lowest BCUT2D eigenvalue weighted by Gasteiger charge is -2.16. The van der Waals surface area contributed by atoms with Gasteiger partial charge in [-0.1, -0.05) is 23.9 Å². The fourth-order valence-electron chi connectivity index (χ4n) is 3.40. The second kappa shape index (κ2) is 8.80. The van der Waals surface area contributed by atoms with Crippen molar-refractivity contribution in [3.8, 4) is 5.75 Å². The summed E-state index contributed by atoms with van der Waals surface area (Å²) in [5, 5.41) is 1.13. The van der Waals surface area contributed by atoms with Crippen LogP contribution in [0, 0.1) is 0 Å².